The summed E-state index contributed by atoms with van der Waals surface area (Å²) in [5.74, 6) is -4.16. The van der Waals surface area contributed by atoms with Gasteiger partial charge in [0.05, 0.1) is 23.9 Å². The Kier molecular flexibility index (Phi) is 9.76. The van der Waals surface area contributed by atoms with Crippen molar-refractivity contribution in [3.05, 3.63) is 29.5 Å². The lowest BCUT2D eigenvalue weighted by Gasteiger charge is -2.23. The largest absolute Gasteiger partial charge is 0.465 e. The zero-order chi connectivity index (χ0) is 28.8. The normalized spacial score (nSPS) is 13.4. The van der Waals surface area contributed by atoms with Crippen molar-refractivity contribution in [2.24, 2.45) is 5.92 Å². The molecule has 0 bridgehead atoms. The van der Waals surface area contributed by atoms with Crippen molar-refractivity contribution < 1.29 is 41.8 Å². The van der Waals surface area contributed by atoms with E-state index in [9.17, 15) is 32.3 Å². The molecule has 0 radical (unpaired) electrons. The number of aryl methyl sites for hydroxylation is 1. The molecule has 1 heterocycles. The molecular weight excluding hydrogens is 509 g/mol. The number of para-hydroxylation sites is 1. The number of alkyl carbamates (subject to hydrolysis) is 1. The highest BCUT2D eigenvalue weighted by molar-refractivity contribution is 6.11. The van der Waals surface area contributed by atoms with Crippen LogP contribution in [0.25, 0.3) is 11.0 Å². The number of aromatic nitrogens is 2. The predicted octanol–water partition coefficient (Wildman–Crippen LogP) is 4.15. The van der Waals surface area contributed by atoms with Crippen LogP contribution in [0, 0.1) is 12.8 Å². The third kappa shape index (κ3) is 8.67. The maximum atomic E-state index is 13.3. The molecule has 2 aromatic rings. The van der Waals surface area contributed by atoms with Crippen LogP contribution in [0.15, 0.2) is 18.2 Å². The topological polar surface area (TPSA) is 137 Å². The summed E-state index contributed by atoms with van der Waals surface area (Å²) in [6, 6.07) is 3.21. The van der Waals surface area contributed by atoms with Crippen LogP contribution in [-0.4, -0.2) is 64.6 Å². The van der Waals surface area contributed by atoms with Gasteiger partial charge in [-0.1, -0.05) is 6.07 Å². The van der Waals surface area contributed by atoms with Gasteiger partial charge in [-0.25, -0.2) is 14.8 Å². The number of amides is 1. The van der Waals surface area contributed by atoms with Crippen molar-refractivity contribution in [2.75, 3.05) is 18.5 Å². The Bertz CT molecular complexity index is 1210. The molecule has 1 aromatic carbocycles. The van der Waals surface area contributed by atoms with Crippen LogP contribution in [0.2, 0.25) is 0 Å². The predicted molar refractivity (Wildman–Crippen MR) is 132 cm³/mol. The Morgan fingerprint density at radius 1 is 1.08 bits per heavy atom. The van der Waals surface area contributed by atoms with Crippen LogP contribution >= 0.6 is 0 Å². The van der Waals surface area contributed by atoms with Crippen LogP contribution in [0.3, 0.4) is 0 Å². The molecule has 0 fully saturated rings. The maximum Gasteiger partial charge on any atom is 0.408 e. The number of Topliss-reactive ketones (excluding diaryl/α,β-unsaturated/α-hetero) is 2. The number of alkyl halides is 3. The van der Waals surface area contributed by atoms with E-state index in [4.69, 9.17) is 9.47 Å². The molecule has 0 aliphatic rings. The third-order valence-corrected chi connectivity index (χ3v) is 5.09. The molecule has 0 aliphatic heterocycles. The first-order chi connectivity index (χ1) is 17.5. The second-order valence-electron chi connectivity index (χ2n) is 9.50. The number of benzene rings is 1. The fraction of sp³-hybridized carbons (Fsp3) is 0.520. The SMILES string of the molecule is CCOC(=O)C(CC(=O)c1cccc2nc(C)c(NCC(F)(F)F)nc12)C(=O)C(C)NC(=O)OC(C)(C)C. The first kappa shape index (κ1) is 30.5. The Morgan fingerprint density at radius 3 is 2.32 bits per heavy atom. The number of rotatable bonds is 10. The number of carbonyl (C=O) groups is 4. The van der Waals surface area contributed by atoms with Gasteiger partial charge < -0.3 is 20.1 Å². The number of ketones is 2. The first-order valence-corrected chi connectivity index (χ1v) is 11.8. The lowest BCUT2D eigenvalue weighted by Crippen LogP contribution is -2.46. The molecule has 0 spiro atoms. The molecule has 2 rings (SSSR count). The van der Waals surface area contributed by atoms with Crippen molar-refractivity contribution in [3.8, 4) is 0 Å². The molecule has 10 nitrogen and oxygen atoms in total. The second-order valence-corrected chi connectivity index (χ2v) is 9.50. The highest BCUT2D eigenvalue weighted by Gasteiger charge is 2.35. The monoisotopic (exact) mass is 540 g/mol. The van der Waals surface area contributed by atoms with Crippen molar-refractivity contribution >= 4 is 40.5 Å². The fourth-order valence-corrected chi connectivity index (χ4v) is 3.44. The van der Waals surface area contributed by atoms with Crippen LogP contribution in [0.4, 0.5) is 23.8 Å². The van der Waals surface area contributed by atoms with Gasteiger partial charge in [-0.3, -0.25) is 14.4 Å². The van der Waals surface area contributed by atoms with Crippen molar-refractivity contribution in [1.82, 2.24) is 15.3 Å². The van der Waals surface area contributed by atoms with Gasteiger partial charge in [0.2, 0.25) is 0 Å². The molecule has 0 saturated carbocycles. The van der Waals surface area contributed by atoms with E-state index in [-0.39, 0.29) is 34.7 Å². The van der Waals surface area contributed by atoms with Gasteiger partial charge in [0, 0.05) is 12.0 Å². The van der Waals surface area contributed by atoms with Crippen molar-refractivity contribution in [2.45, 2.75) is 65.8 Å². The van der Waals surface area contributed by atoms with Gasteiger partial charge in [-0.2, -0.15) is 13.2 Å². The average Bonchev–Trinajstić information content (AvgIpc) is 2.78. The highest BCUT2D eigenvalue weighted by atomic mass is 19.4. The molecule has 13 heteroatoms. The van der Waals surface area contributed by atoms with Gasteiger partial charge >= 0.3 is 18.2 Å². The molecule has 2 N–H and O–H groups in total. The number of nitrogens with one attached hydrogen (secondary N) is 2. The average molecular weight is 541 g/mol. The van der Waals surface area contributed by atoms with E-state index in [0.717, 1.165) is 0 Å². The van der Waals surface area contributed by atoms with Crippen LogP contribution in [0.1, 0.15) is 57.1 Å². The summed E-state index contributed by atoms with van der Waals surface area (Å²) in [7, 11) is 0. The molecule has 0 aliphatic carbocycles. The Balaban J connectivity index is 2.36. The summed E-state index contributed by atoms with van der Waals surface area (Å²) < 4.78 is 48.2. The number of hydrogen-bond acceptors (Lipinski definition) is 9. The summed E-state index contributed by atoms with van der Waals surface area (Å²) in [6.07, 6.45) is -6.01. The number of halogens is 3. The van der Waals surface area contributed by atoms with E-state index in [1.807, 2.05) is 0 Å². The van der Waals surface area contributed by atoms with Gasteiger partial charge in [0.1, 0.15) is 29.4 Å². The Labute approximate surface area is 217 Å². The molecule has 38 heavy (non-hydrogen) atoms. The van der Waals surface area contributed by atoms with Crippen molar-refractivity contribution in [1.29, 1.82) is 0 Å². The van der Waals surface area contributed by atoms with Gasteiger partial charge in [-0.15, -0.1) is 0 Å². The van der Waals surface area contributed by atoms with Crippen LogP contribution in [-0.2, 0) is 19.1 Å². The third-order valence-electron chi connectivity index (χ3n) is 5.09. The molecule has 208 valence electrons. The standard InChI is InChI=1S/C25H31F3N4O6/c1-7-37-22(35)16(20(34)13(2)31-23(36)38-24(4,5)6)11-18(33)15-9-8-10-17-19(15)32-21(14(3)30-17)29-12-25(26,27)28/h8-10,13,16H,7,11-12H2,1-6H3,(H,29,32)(H,31,36). The first-order valence-electron chi connectivity index (χ1n) is 11.8. The molecule has 1 aromatic heterocycles. The summed E-state index contributed by atoms with van der Waals surface area (Å²) in [5.41, 5.74) is -0.439. The van der Waals surface area contributed by atoms with E-state index in [1.165, 1.54) is 39.0 Å². The summed E-state index contributed by atoms with van der Waals surface area (Å²) >= 11 is 0. The van der Waals surface area contributed by atoms with E-state index >= 15 is 0 Å². The van der Waals surface area contributed by atoms with E-state index < -0.39 is 60.3 Å². The number of anilines is 1. The quantitative estimate of drug-likeness (QED) is 0.259. The van der Waals surface area contributed by atoms with Gasteiger partial charge in [-0.05, 0) is 53.7 Å². The molecule has 1 amide bonds. The van der Waals surface area contributed by atoms with Gasteiger partial charge in [0.25, 0.3) is 0 Å². The minimum Gasteiger partial charge on any atom is -0.465 e. The summed E-state index contributed by atoms with van der Waals surface area (Å²) in [6.45, 7) is 7.83. The minimum absolute atomic E-state index is 0.00256. The van der Waals surface area contributed by atoms with Crippen LogP contribution in [0.5, 0.6) is 0 Å². The summed E-state index contributed by atoms with van der Waals surface area (Å²) in [4.78, 5) is 59.5. The fourth-order valence-electron chi connectivity index (χ4n) is 3.44. The summed E-state index contributed by atoms with van der Waals surface area (Å²) in [5, 5.41) is 4.51. The molecule has 2 atom stereocenters. The van der Waals surface area contributed by atoms with Crippen LogP contribution < -0.4 is 10.6 Å². The van der Waals surface area contributed by atoms with E-state index in [0.29, 0.717) is 0 Å². The Morgan fingerprint density at radius 2 is 1.74 bits per heavy atom. The number of fused-ring (bicyclic) bond motifs is 1. The number of esters is 1. The lowest BCUT2D eigenvalue weighted by molar-refractivity contribution is -0.152. The smallest absolute Gasteiger partial charge is 0.408 e. The molecule has 0 saturated heterocycles. The minimum atomic E-state index is -4.50. The highest BCUT2D eigenvalue weighted by Crippen LogP contribution is 2.24. The molecule has 2 unspecified atom stereocenters. The molecular formula is C25H31F3N4O6. The van der Waals surface area contributed by atoms with Crippen molar-refractivity contribution in [3.63, 3.8) is 0 Å². The lowest BCUT2D eigenvalue weighted by atomic mass is 9.91. The zero-order valence-electron chi connectivity index (χ0n) is 22.0. The Hall–Kier alpha value is -3.77. The zero-order valence-corrected chi connectivity index (χ0v) is 22.0. The number of carbonyl (C=O) groups excluding carboxylic acids is 4. The number of ether oxygens (including phenoxy) is 2. The van der Waals surface area contributed by atoms with E-state index in [2.05, 4.69) is 20.6 Å². The second kappa shape index (κ2) is 12.2. The maximum absolute atomic E-state index is 13.3. The number of hydrogen-bond donors (Lipinski definition) is 2. The van der Waals surface area contributed by atoms with Gasteiger partial charge in [0.15, 0.2) is 11.6 Å². The number of nitrogens with zero attached hydrogens (tertiary/aromatic N) is 2. The van der Waals surface area contributed by atoms with E-state index in [1.54, 1.807) is 20.8 Å².